The molecule has 0 aliphatic carbocycles. The largest absolute Gasteiger partial charge is 0.444 e. The van der Waals surface area contributed by atoms with Crippen LogP contribution < -0.4 is 21.1 Å². The van der Waals surface area contributed by atoms with E-state index in [0.29, 0.717) is 42.5 Å². The zero-order valence-electron chi connectivity index (χ0n) is 18.8. The summed E-state index contributed by atoms with van der Waals surface area (Å²) in [5.41, 5.74) is 3.30. The van der Waals surface area contributed by atoms with Crippen molar-refractivity contribution in [2.45, 2.75) is 36.4 Å². The predicted octanol–water partition coefficient (Wildman–Crippen LogP) is 4.15. The van der Waals surface area contributed by atoms with Crippen LogP contribution in [0, 0.1) is 0 Å². The second-order valence-corrected chi connectivity index (χ2v) is 10.4. The molecule has 0 radical (unpaired) electrons. The third-order valence-electron chi connectivity index (χ3n) is 6.73. The molecule has 3 aliphatic rings. The van der Waals surface area contributed by atoms with Gasteiger partial charge in [0.25, 0.3) is 5.56 Å². The van der Waals surface area contributed by atoms with Crippen LogP contribution in [0.1, 0.15) is 24.4 Å². The standard InChI is InChI=1S/C25H23ClN4O4S/c26-17-6-3-14-4-8-22(32)30-12-19(23(17)24(14)30)27-9-1-2-16-11-29(25(33)34-16)15-5-7-20-18(10-15)28-21(31)13-35-20/h3-8,10,16,19,27H,1-2,9,11-13H2,(H,28,31)/t16-,19+/m1/s1. The molecule has 4 heterocycles. The lowest BCUT2D eigenvalue weighted by atomic mass is 10.1. The number of halogens is 1. The molecule has 0 saturated carbocycles. The van der Waals surface area contributed by atoms with Crippen LogP contribution in [-0.4, -0.2) is 41.5 Å². The molecule has 6 rings (SSSR count). The molecule has 0 spiro atoms. The van der Waals surface area contributed by atoms with Gasteiger partial charge in [0.2, 0.25) is 5.91 Å². The number of nitrogens with one attached hydrogen (secondary N) is 2. The fourth-order valence-electron chi connectivity index (χ4n) is 5.08. The minimum Gasteiger partial charge on any atom is -0.444 e. The molecule has 180 valence electrons. The van der Waals surface area contributed by atoms with E-state index in [1.807, 2.05) is 36.4 Å². The van der Waals surface area contributed by atoms with Crippen molar-refractivity contribution in [2.75, 3.05) is 29.1 Å². The highest BCUT2D eigenvalue weighted by Crippen LogP contribution is 2.37. The zero-order valence-corrected chi connectivity index (χ0v) is 20.3. The number of amides is 2. The maximum Gasteiger partial charge on any atom is 0.414 e. The molecule has 10 heteroatoms. The predicted molar refractivity (Wildman–Crippen MR) is 137 cm³/mol. The molecule has 1 saturated heterocycles. The van der Waals surface area contributed by atoms with E-state index in [4.69, 9.17) is 16.3 Å². The van der Waals surface area contributed by atoms with Gasteiger partial charge in [0.1, 0.15) is 6.10 Å². The van der Waals surface area contributed by atoms with Gasteiger partial charge in [-0.1, -0.05) is 17.7 Å². The molecule has 2 atom stereocenters. The van der Waals surface area contributed by atoms with Crippen molar-refractivity contribution in [3.8, 4) is 0 Å². The Balaban J connectivity index is 1.06. The molecule has 3 aliphatic heterocycles. The van der Waals surface area contributed by atoms with Gasteiger partial charge in [-0.15, -0.1) is 11.8 Å². The first-order valence-corrected chi connectivity index (χ1v) is 12.9. The van der Waals surface area contributed by atoms with Crippen molar-refractivity contribution in [3.05, 3.63) is 63.4 Å². The number of fused-ring (bicyclic) bond motifs is 1. The summed E-state index contributed by atoms with van der Waals surface area (Å²) >= 11 is 7.99. The first-order valence-electron chi connectivity index (χ1n) is 11.6. The Labute approximate surface area is 210 Å². The second-order valence-electron chi connectivity index (χ2n) is 8.96. The topological polar surface area (TPSA) is 92.7 Å². The van der Waals surface area contributed by atoms with Crippen molar-refractivity contribution < 1.29 is 14.3 Å². The summed E-state index contributed by atoms with van der Waals surface area (Å²) < 4.78 is 7.38. The minimum atomic E-state index is -0.373. The lowest BCUT2D eigenvalue weighted by Crippen LogP contribution is -2.27. The Bertz CT molecular complexity index is 1420. The van der Waals surface area contributed by atoms with E-state index < -0.39 is 0 Å². The van der Waals surface area contributed by atoms with E-state index >= 15 is 0 Å². The third-order valence-corrected chi connectivity index (χ3v) is 8.13. The van der Waals surface area contributed by atoms with Crippen LogP contribution in [0.25, 0.3) is 10.9 Å². The van der Waals surface area contributed by atoms with Crippen LogP contribution >= 0.6 is 23.4 Å². The quantitative estimate of drug-likeness (QED) is 0.484. The fourth-order valence-corrected chi connectivity index (χ4v) is 6.15. The number of hydrogen-bond acceptors (Lipinski definition) is 6. The van der Waals surface area contributed by atoms with E-state index in [9.17, 15) is 14.4 Å². The van der Waals surface area contributed by atoms with Crippen LogP contribution in [-0.2, 0) is 16.1 Å². The molecular weight excluding hydrogens is 488 g/mol. The maximum absolute atomic E-state index is 12.5. The monoisotopic (exact) mass is 510 g/mol. The lowest BCUT2D eigenvalue weighted by Gasteiger charge is -2.20. The molecule has 2 N–H and O–H groups in total. The number of ether oxygens (including phenoxy) is 1. The number of rotatable bonds is 6. The van der Waals surface area contributed by atoms with Gasteiger partial charge in [-0.25, -0.2) is 4.79 Å². The van der Waals surface area contributed by atoms with Gasteiger partial charge in [-0.05, 0) is 55.1 Å². The van der Waals surface area contributed by atoms with Gasteiger partial charge in [0.15, 0.2) is 0 Å². The van der Waals surface area contributed by atoms with Gasteiger partial charge < -0.3 is 19.9 Å². The molecule has 2 aromatic carbocycles. The van der Waals surface area contributed by atoms with Gasteiger partial charge in [0.05, 0.1) is 29.5 Å². The summed E-state index contributed by atoms with van der Waals surface area (Å²) in [7, 11) is 0. The average molecular weight is 511 g/mol. The van der Waals surface area contributed by atoms with Crippen molar-refractivity contribution >= 4 is 57.6 Å². The number of aromatic nitrogens is 1. The Hall–Kier alpha value is -3.01. The molecule has 3 aromatic rings. The number of thioether (sulfide) groups is 1. The van der Waals surface area contributed by atoms with Crippen molar-refractivity contribution in [1.29, 1.82) is 0 Å². The first-order chi connectivity index (χ1) is 17.0. The molecule has 0 bridgehead atoms. The minimum absolute atomic E-state index is 0.0244. The number of anilines is 2. The number of benzene rings is 2. The van der Waals surface area contributed by atoms with Gasteiger partial charge >= 0.3 is 6.09 Å². The van der Waals surface area contributed by atoms with Gasteiger partial charge in [-0.3, -0.25) is 14.5 Å². The number of carbonyl (C=O) groups is 2. The number of hydrogen-bond donors (Lipinski definition) is 2. The molecular formula is C25H23ClN4O4S. The van der Waals surface area contributed by atoms with Crippen molar-refractivity contribution in [2.24, 2.45) is 0 Å². The van der Waals surface area contributed by atoms with Crippen LogP contribution in [0.5, 0.6) is 0 Å². The third kappa shape index (κ3) is 4.07. The first kappa shape index (κ1) is 22.5. The molecule has 1 aromatic heterocycles. The van der Waals surface area contributed by atoms with Crippen molar-refractivity contribution in [1.82, 2.24) is 9.88 Å². The van der Waals surface area contributed by atoms with E-state index in [2.05, 4.69) is 10.6 Å². The number of pyridine rings is 1. The summed E-state index contributed by atoms with van der Waals surface area (Å²) in [4.78, 5) is 39.2. The second kappa shape index (κ2) is 8.89. The van der Waals surface area contributed by atoms with Crippen molar-refractivity contribution in [3.63, 3.8) is 0 Å². The fraction of sp³-hybridized carbons (Fsp3) is 0.320. The van der Waals surface area contributed by atoms with Crippen LogP contribution in [0.2, 0.25) is 5.02 Å². The van der Waals surface area contributed by atoms with E-state index in [0.717, 1.165) is 33.5 Å². The lowest BCUT2D eigenvalue weighted by molar-refractivity contribution is -0.113. The highest BCUT2D eigenvalue weighted by Gasteiger charge is 2.33. The van der Waals surface area contributed by atoms with Gasteiger partial charge in [0, 0.05) is 33.8 Å². The zero-order chi connectivity index (χ0) is 24.1. The van der Waals surface area contributed by atoms with Crippen LogP contribution in [0.3, 0.4) is 0 Å². The van der Waals surface area contributed by atoms with Crippen LogP contribution in [0.15, 0.2) is 52.2 Å². The number of carbonyl (C=O) groups excluding carboxylic acids is 2. The van der Waals surface area contributed by atoms with Gasteiger partial charge in [-0.2, -0.15) is 0 Å². The summed E-state index contributed by atoms with van der Waals surface area (Å²) in [6.45, 7) is 1.72. The summed E-state index contributed by atoms with van der Waals surface area (Å²) in [6, 6.07) is 12.9. The number of nitrogens with zero attached hydrogens (tertiary/aromatic N) is 2. The van der Waals surface area contributed by atoms with Crippen LogP contribution in [0.4, 0.5) is 16.2 Å². The molecule has 8 nitrogen and oxygen atoms in total. The Morgan fingerprint density at radius 1 is 1.11 bits per heavy atom. The highest BCUT2D eigenvalue weighted by atomic mass is 35.5. The normalized spacial score (nSPS) is 20.8. The number of cyclic esters (lactones) is 1. The van der Waals surface area contributed by atoms with E-state index in [1.54, 1.807) is 15.5 Å². The highest BCUT2D eigenvalue weighted by molar-refractivity contribution is 8.00. The maximum atomic E-state index is 12.5. The average Bonchev–Trinajstić information content (AvgIpc) is 3.42. The SMILES string of the molecule is O=C1CSc2ccc(N3C[C@@H](CCCN[C@H]4Cn5c(=O)ccc6ccc(Cl)c4c65)OC3=O)cc2N1. The molecule has 2 amide bonds. The molecule has 35 heavy (non-hydrogen) atoms. The summed E-state index contributed by atoms with van der Waals surface area (Å²) in [5.74, 6) is 0.362. The summed E-state index contributed by atoms with van der Waals surface area (Å²) in [6.07, 6.45) is 0.934. The van der Waals surface area contributed by atoms with E-state index in [-0.39, 0.29) is 29.7 Å². The smallest absolute Gasteiger partial charge is 0.414 e. The Morgan fingerprint density at radius 2 is 1.97 bits per heavy atom. The van der Waals surface area contributed by atoms with E-state index in [1.165, 1.54) is 11.8 Å². The Morgan fingerprint density at radius 3 is 2.86 bits per heavy atom. The Kier molecular flexibility index (Phi) is 5.70. The summed E-state index contributed by atoms with van der Waals surface area (Å²) in [5, 5.41) is 8.06. The molecule has 1 fully saturated rings. The molecule has 0 unspecified atom stereocenters.